The molecule has 0 unspecified atom stereocenters. The quantitative estimate of drug-likeness (QED) is 0.289. The number of aromatic nitrogens is 1. The molecule has 1 aromatic heterocycles. The molecule has 4 rings (SSSR count). The summed E-state index contributed by atoms with van der Waals surface area (Å²) >= 11 is 0. The highest BCUT2D eigenvalue weighted by molar-refractivity contribution is 7.62. The highest BCUT2D eigenvalue weighted by Crippen LogP contribution is 2.50. The lowest BCUT2D eigenvalue weighted by Crippen LogP contribution is -2.21. The van der Waals surface area contributed by atoms with Crippen LogP contribution in [-0.4, -0.2) is 17.8 Å². The van der Waals surface area contributed by atoms with Crippen molar-refractivity contribution in [3.8, 4) is 5.69 Å². The van der Waals surface area contributed by atoms with Crippen molar-refractivity contribution in [1.29, 1.82) is 0 Å². The summed E-state index contributed by atoms with van der Waals surface area (Å²) in [5.41, 5.74) is 2.64. The normalized spacial score (nSPS) is 11.9. The third-order valence-corrected chi connectivity index (χ3v) is 7.33. The molecule has 0 spiro atoms. The summed E-state index contributed by atoms with van der Waals surface area (Å²) in [5.74, 6) is -0.846. The molecule has 7 heteroatoms. The number of nitrogens with zero attached hydrogens (tertiary/aromatic N) is 1. The van der Waals surface area contributed by atoms with Crippen LogP contribution in [0.4, 0.5) is 8.78 Å². The number of hydrogen-bond donors (Lipinski definition) is 0. The fourth-order valence-electron chi connectivity index (χ4n) is 3.92. The van der Waals surface area contributed by atoms with Crippen LogP contribution >= 0.6 is 7.60 Å². The van der Waals surface area contributed by atoms with Crippen LogP contribution in [0.1, 0.15) is 25.1 Å². The maximum Gasteiger partial charge on any atom is 0.378 e. The fourth-order valence-corrected chi connectivity index (χ4v) is 5.88. The van der Waals surface area contributed by atoms with Crippen LogP contribution in [0.25, 0.3) is 16.5 Å². The SMILES string of the molecule is CCOP(=O)(OCC)c1c2cc(F)ccc2c(Cc2ccccc2)n1-c1ccc(F)cc1. The lowest BCUT2D eigenvalue weighted by atomic mass is 10.1. The number of fused-ring (bicyclic) bond motifs is 1. The zero-order valence-corrected chi connectivity index (χ0v) is 18.8. The van der Waals surface area contributed by atoms with Crippen molar-refractivity contribution in [1.82, 2.24) is 4.57 Å². The first-order valence-electron chi connectivity index (χ1n) is 10.5. The highest BCUT2D eigenvalue weighted by atomic mass is 31.2. The highest BCUT2D eigenvalue weighted by Gasteiger charge is 2.36. The van der Waals surface area contributed by atoms with E-state index in [1.807, 2.05) is 30.3 Å². The van der Waals surface area contributed by atoms with E-state index in [1.165, 1.54) is 24.3 Å². The van der Waals surface area contributed by atoms with Gasteiger partial charge in [-0.05, 0) is 61.9 Å². The maximum atomic E-state index is 14.4. The van der Waals surface area contributed by atoms with Gasteiger partial charge in [-0.3, -0.25) is 4.57 Å². The van der Waals surface area contributed by atoms with Crippen molar-refractivity contribution >= 4 is 23.8 Å². The molecule has 0 fully saturated rings. The predicted molar refractivity (Wildman–Crippen MR) is 123 cm³/mol. The minimum Gasteiger partial charge on any atom is -0.306 e. The minimum absolute atomic E-state index is 0.150. The minimum atomic E-state index is -3.83. The molecular formula is C25H24F2NO3P. The average Bonchev–Trinajstić information content (AvgIpc) is 3.09. The molecule has 0 bridgehead atoms. The van der Waals surface area contributed by atoms with Crippen molar-refractivity contribution in [2.24, 2.45) is 0 Å². The van der Waals surface area contributed by atoms with Gasteiger partial charge in [0.05, 0.1) is 13.2 Å². The summed E-state index contributed by atoms with van der Waals surface area (Å²) < 4.78 is 55.2. The van der Waals surface area contributed by atoms with Crippen molar-refractivity contribution in [3.63, 3.8) is 0 Å². The van der Waals surface area contributed by atoms with E-state index in [2.05, 4.69) is 0 Å². The lowest BCUT2D eigenvalue weighted by molar-refractivity contribution is 0.229. The molecule has 4 nitrogen and oxygen atoms in total. The van der Waals surface area contributed by atoms with E-state index in [0.29, 0.717) is 17.5 Å². The molecule has 3 aromatic carbocycles. The summed E-state index contributed by atoms with van der Waals surface area (Å²) in [6, 6.07) is 20.1. The molecule has 0 N–H and O–H groups in total. The monoisotopic (exact) mass is 455 g/mol. The van der Waals surface area contributed by atoms with Gasteiger partial charge in [0, 0.05) is 28.6 Å². The van der Waals surface area contributed by atoms with E-state index in [1.54, 1.807) is 36.6 Å². The number of benzene rings is 3. The number of rotatable bonds is 8. The standard InChI is InChI=1S/C25H24F2NO3P/c1-3-30-32(29,31-4-2)25-23-17-20(27)12-15-22(23)24(16-18-8-6-5-7-9-18)28(25)21-13-10-19(26)11-14-21/h5-15,17H,3-4,16H2,1-2H3. The largest absolute Gasteiger partial charge is 0.378 e. The maximum absolute atomic E-state index is 14.4. The van der Waals surface area contributed by atoms with E-state index in [4.69, 9.17) is 9.05 Å². The van der Waals surface area contributed by atoms with Gasteiger partial charge in [0.15, 0.2) is 0 Å². The molecule has 0 aliphatic rings. The first kappa shape index (κ1) is 22.4. The predicted octanol–water partition coefficient (Wildman–Crippen LogP) is 6.39. The third-order valence-electron chi connectivity index (χ3n) is 5.17. The van der Waals surface area contributed by atoms with Crippen LogP contribution in [0.5, 0.6) is 0 Å². The number of halogens is 2. The second kappa shape index (κ2) is 9.37. The van der Waals surface area contributed by atoms with Crippen LogP contribution in [0.3, 0.4) is 0 Å². The van der Waals surface area contributed by atoms with Gasteiger partial charge in [0.2, 0.25) is 0 Å². The molecule has 0 radical (unpaired) electrons. The Kier molecular flexibility index (Phi) is 6.56. The third kappa shape index (κ3) is 4.26. The van der Waals surface area contributed by atoms with E-state index in [9.17, 15) is 13.3 Å². The summed E-state index contributed by atoms with van der Waals surface area (Å²) in [4.78, 5) is 0. The topological polar surface area (TPSA) is 40.5 Å². The molecule has 32 heavy (non-hydrogen) atoms. The molecule has 0 atom stereocenters. The van der Waals surface area contributed by atoms with Gasteiger partial charge in [0.25, 0.3) is 0 Å². The Morgan fingerprint density at radius 2 is 1.44 bits per heavy atom. The van der Waals surface area contributed by atoms with Crippen LogP contribution in [0.15, 0.2) is 72.8 Å². The van der Waals surface area contributed by atoms with E-state index < -0.39 is 13.4 Å². The molecular weight excluding hydrogens is 431 g/mol. The fraction of sp³-hybridized carbons (Fsp3) is 0.200. The van der Waals surface area contributed by atoms with Gasteiger partial charge in [0.1, 0.15) is 17.1 Å². The summed E-state index contributed by atoms with van der Waals surface area (Å²) in [7, 11) is -3.83. The Hall–Kier alpha value is -2.79. The smallest absolute Gasteiger partial charge is 0.306 e. The molecule has 0 aliphatic carbocycles. The first-order valence-corrected chi connectivity index (χ1v) is 12.0. The first-order chi connectivity index (χ1) is 15.5. The molecule has 166 valence electrons. The van der Waals surface area contributed by atoms with Crippen LogP contribution in [0.2, 0.25) is 0 Å². The van der Waals surface area contributed by atoms with Gasteiger partial charge < -0.3 is 13.6 Å². The molecule has 4 aromatic rings. The second-order valence-electron chi connectivity index (χ2n) is 7.27. The summed E-state index contributed by atoms with van der Waals surface area (Å²) in [5, 5.41) is 1.18. The Morgan fingerprint density at radius 3 is 2.06 bits per heavy atom. The Balaban J connectivity index is 2.10. The Bertz CT molecular complexity index is 1260. The average molecular weight is 455 g/mol. The van der Waals surface area contributed by atoms with E-state index >= 15 is 0 Å². The van der Waals surface area contributed by atoms with Crippen molar-refractivity contribution in [3.05, 3.63) is 95.7 Å². The molecule has 0 saturated carbocycles. The molecule has 0 aliphatic heterocycles. The van der Waals surface area contributed by atoms with Gasteiger partial charge in [-0.2, -0.15) is 0 Å². The number of hydrogen-bond acceptors (Lipinski definition) is 3. The molecule has 0 amide bonds. The summed E-state index contributed by atoms with van der Waals surface area (Å²) in [6.45, 7) is 3.75. The van der Waals surface area contributed by atoms with Crippen LogP contribution in [-0.2, 0) is 20.0 Å². The zero-order valence-electron chi connectivity index (χ0n) is 17.9. The second-order valence-corrected chi connectivity index (χ2v) is 9.20. The van der Waals surface area contributed by atoms with Gasteiger partial charge in [-0.25, -0.2) is 8.78 Å². The summed E-state index contributed by atoms with van der Waals surface area (Å²) in [6.07, 6.45) is 0.485. The molecule has 0 saturated heterocycles. The van der Waals surface area contributed by atoms with E-state index in [0.717, 1.165) is 16.6 Å². The van der Waals surface area contributed by atoms with Gasteiger partial charge >= 0.3 is 7.60 Å². The van der Waals surface area contributed by atoms with Gasteiger partial charge in [-0.15, -0.1) is 0 Å². The van der Waals surface area contributed by atoms with E-state index in [-0.39, 0.29) is 24.5 Å². The Labute approximate surface area is 185 Å². The lowest BCUT2D eigenvalue weighted by Gasteiger charge is -2.21. The van der Waals surface area contributed by atoms with Crippen molar-refractivity contribution in [2.45, 2.75) is 20.3 Å². The Morgan fingerprint density at radius 1 is 0.812 bits per heavy atom. The van der Waals surface area contributed by atoms with Gasteiger partial charge in [-0.1, -0.05) is 30.3 Å². The zero-order chi connectivity index (χ0) is 22.7. The molecule has 1 heterocycles. The van der Waals surface area contributed by atoms with Crippen LogP contribution in [0, 0.1) is 11.6 Å². The van der Waals surface area contributed by atoms with Crippen molar-refractivity contribution < 1.29 is 22.4 Å². The van der Waals surface area contributed by atoms with Crippen molar-refractivity contribution in [2.75, 3.05) is 13.2 Å². The van der Waals surface area contributed by atoms with Crippen LogP contribution < -0.4 is 5.44 Å².